The van der Waals surface area contributed by atoms with Crippen LogP contribution in [0.25, 0.3) is 0 Å². The van der Waals surface area contributed by atoms with E-state index in [4.69, 9.17) is 19.1 Å². The van der Waals surface area contributed by atoms with E-state index in [2.05, 4.69) is 21.8 Å². The van der Waals surface area contributed by atoms with Crippen LogP contribution in [0.5, 0.6) is 5.75 Å². The Bertz CT molecular complexity index is 1460. The summed E-state index contributed by atoms with van der Waals surface area (Å²) < 4.78 is 71.7. The molecule has 0 bridgehead atoms. The number of piperazine rings is 1. The molecule has 1 N–H and O–H groups in total. The Hall–Kier alpha value is -3.21. The number of hydrogen-bond donors (Lipinski definition) is 1. The molecule has 1 amide bonds. The van der Waals surface area contributed by atoms with E-state index >= 15 is 0 Å². The molecule has 256 valence electrons. The van der Waals surface area contributed by atoms with Crippen molar-refractivity contribution in [2.45, 2.75) is 63.2 Å². The second-order valence-corrected chi connectivity index (χ2v) is 14.0. The fourth-order valence-electron chi connectivity index (χ4n) is 6.02. The quantitative estimate of drug-likeness (QED) is 0.422. The molecule has 2 aliphatic heterocycles. The summed E-state index contributed by atoms with van der Waals surface area (Å²) in [5, 5.41) is 7.12. The molecule has 2 aromatic rings. The number of carbonyl (C=O) groups excluding carboxylic acids is 1. The fourth-order valence-corrected chi connectivity index (χ4v) is 8.07. The molecule has 5 rings (SSSR count). The van der Waals surface area contributed by atoms with Crippen LogP contribution in [-0.4, -0.2) is 122 Å². The molecule has 3 aliphatic rings. The normalized spacial score (nSPS) is 19.9. The van der Waals surface area contributed by atoms with Crippen molar-refractivity contribution in [3.8, 4) is 5.75 Å². The minimum atomic E-state index is -5.08. The van der Waals surface area contributed by atoms with Crippen molar-refractivity contribution in [3.05, 3.63) is 41.1 Å². The van der Waals surface area contributed by atoms with E-state index in [1.54, 1.807) is 33.1 Å². The van der Waals surface area contributed by atoms with E-state index in [9.17, 15) is 26.4 Å². The Morgan fingerprint density at radius 1 is 1.09 bits per heavy atom. The van der Waals surface area contributed by atoms with Gasteiger partial charge in [-0.2, -0.15) is 17.5 Å². The zero-order valence-corrected chi connectivity index (χ0v) is 27.4. The maximum absolute atomic E-state index is 13.8. The van der Waals surface area contributed by atoms with Gasteiger partial charge in [0.25, 0.3) is 5.91 Å². The summed E-state index contributed by atoms with van der Waals surface area (Å²) in [7, 11) is -0.0459. The Morgan fingerprint density at radius 3 is 2.22 bits per heavy atom. The maximum Gasteiger partial charge on any atom is 0.490 e. The second-order valence-electron chi connectivity index (χ2n) is 12.2. The van der Waals surface area contributed by atoms with Gasteiger partial charge >= 0.3 is 12.1 Å². The average molecular weight is 674 g/mol. The molecule has 1 aromatic carbocycles. The summed E-state index contributed by atoms with van der Waals surface area (Å²) in [5.41, 5.74) is 1.50. The molecular weight excluding hydrogens is 631 g/mol. The SMILES string of the molecule is COc1cc(C)c(S(=O)(=O)N(Cc2nc(C(=O)N3CCN(CC4CCCN(C)C4)CC3)co2)C2CC2)c(C)c1.O=C(O)C(F)(F)F. The van der Waals surface area contributed by atoms with Gasteiger partial charge in [0.1, 0.15) is 12.0 Å². The minimum absolute atomic E-state index is 0.00516. The molecule has 1 aliphatic carbocycles. The number of alkyl halides is 3. The van der Waals surface area contributed by atoms with Crippen molar-refractivity contribution in [2.75, 3.05) is 60.0 Å². The molecular formula is C30H42F3N5O7S. The number of halogens is 3. The number of ether oxygens (including phenoxy) is 1. The lowest BCUT2D eigenvalue weighted by molar-refractivity contribution is -0.192. The van der Waals surface area contributed by atoms with Crippen molar-refractivity contribution in [3.63, 3.8) is 0 Å². The summed E-state index contributed by atoms with van der Waals surface area (Å²) in [6, 6.07) is 3.37. The van der Waals surface area contributed by atoms with Gasteiger partial charge in [0.05, 0.1) is 18.6 Å². The van der Waals surface area contributed by atoms with E-state index in [-0.39, 0.29) is 35.0 Å². The third-order valence-corrected chi connectivity index (χ3v) is 10.6. The minimum Gasteiger partial charge on any atom is -0.497 e. The summed E-state index contributed by atoms with van der Waals surface area (Å²) in [6.07, 6.45) is 0.398. The lowest BCUT2D eigenvalue weighted by Gasteiger charge is -2.38. The summed E-state index contributed by atoms with van der Waals surface area (Å²) in [6.45, 7) is 9.98. The molecule has 12 nitrogen and oxygen atoms in total. The zero-order valence-electron chi connectivity index (χ0n) is 26.5. The summed E-state index contributed by atoms with van der Waals surface area (Å²) in [5.74, 6) is -1.37. The molecule has 0 radical (unpaired) electrons. The van der Waals surface area contributed by atoms with Gasteiger partial charge in [0, 0.05) is 45.3 Å². The van der Waals surface area contributed by atoms with Gasteiger partial charge in [0.15, 0.2) is 5.69 Å². The number of carbonyl (C=O) groups is 2. The standard InChI is InChI=1S/C28H41N5O5S.C2HF3O2/c1-20-14-24(37-4)15-21(2)27(20)39(35,36)33(23-7-8-23)18-26-29-25(19-38-26)28(34)32-12-10-31(11-13-32)17-22-6-5-9-30(3)16-22;3-2(4,5)1(6)7/h14-15,19,22-23H,5-13,16-18H2,1-4H3;(H,6,7). The van der Waals surface area contributed by atoms with E-state index in [1.165, 1.54) is 30.0 Å². The number of methoxy groups -OCH3 is 1. The van der Waals surface area contributed by atoms with Gasteiger partial charge < -0.3 is 24.1 Å². The van der Waals surface area contributed by atoms with Crippen LogP contribution in [-0.2, 0) is 21.4 Å². The largest absolute Gasteiger partial charge is 0.497 e. The molecule has 1 saturated carbocycles. The molecule has 0 spiro atoms. The van der Waals surface area contributed by atoms with Gasteiger partial charge in [-0.3, -0.25) is 9.69 Å². The van der Waals surface area contributed by atoms with Crippen LogP contribution in [0.15, 0.2) is 27.7 Å². The Kier molecular flexibility index (Phi) is 11.4. The van der Waals surface area contributed by atoms with Gasteiger partial charge in [-0.1, -0.05) is 0 Å². The van der Waals surface area contributed by atoms with E-state index < -0.39 is 22.2 Å². The maximum atomic E-state index is 13.8. The first-order valence-corrected chi connectivity index (χ1v) is 16.7. The van der Waals surface area contributed by atoms with Crippen molar-refractivity contribution < 1.29 is 45.4 Å². The molecule has 3 heterocycles. The number of hydrogen-bond acceptors (Lipinski definition) is 9. The molecule has 1 aromatic heterocycles. The number of benzene rings is 1. The third-order valence-electron chi connectivity index (χ3n) is 8.39. The number of aliphatic carboxylic acids is 1. The Morgan fingerprint density at radius 2 is 1.70 bits per heavy atom. The predicted molar refractivity (Wildman–Crippen MR) is 161 cm³/mol. The first-order chi connectivity index (χ1) is 21.6. The Labute approximate surface area is 267 Å². The monoisotopic (exact) mass is 673 g/mol. The van der Waals surface area contributed by atoms with Crippen molar-refractivity contribution in [1.29, 1.82) is 0 Å². The lowest BCUT2D eigenvalue weighted by atomic mass is 9.97. The number of rotatable bonds is 9. The number of carboxylic acids is 1. The van der Waals surface area contributed by atoms with Gasteiger partial charge in [-0.05, 0) is 82.3 Å². The number of sulfonamides is 1. The molecule has 16 heteroatoms. The second kappa shape index (κ2) is 14.7. The summed E-state index contributed by atoms with van der Waals surface area (Å²) in [4.78, 5) is 33.5. The molecule has 1 atom stereocenters. The van der Waals surface area contributed by atoms with Crippen LogP contribution in [0.4, 0.5) is 13.2 Å². The first-order valence-electron chi connectivity index (χ1n) is 15.2. The van der Waals surface area contributed by atoms with Crippen LogP contribution in [0.1, 0.15) is 53.2 Å². The summed E-state index contributed by atoms with van der Waals surface area (Å²) >= 11 is 0. The average Bonchev–Trinajstić information content (AvgIpc) is 3.71. The van der Waals surface area contributed by atoms with Crippen molar-refractivity contribution >= 4 is 21.9 Å². The number of likely N-dealkylation sites (tertiary alicyclic amines) is 1. The zero-order chi connectivity index (χ0) is 33.8. The molecule has 2 saturated heterocycles. The number of aromatic nitrogens is 1. The van der Waals surface area contributed by atoms with E-state index in [0.717, 1.165) is 39.0 Å². The predicted octanol–water partition coefficient (Wildman–Crippen LogP) is 3.39. The number of nitrogens with zero attached hydrogens (tertiary/aromatic N) is 5. The smallest absolute Gasteiger partial charge is 0.490 e. The topological polar surface area (TPSA) is 137 Å². The van der Waals surface area contributed by atoms with Gasteiger partial charge in [-0.15, -0.1) is 0 Å². The highest BCUT2D eigenvalue weighted by Crippen LogP contribution is 2.36. The molecule has 3 fully saturated rings. The van der Waals surface area contributed by atoms with Crippen LogP contribution in [0.3, 0.4) is 0 Å². The van der Waals surface area contributed by atoms with E-state index in [0.29, 0.717) is 35.9 Å². The number of piperidine rings is 1. The lowest BCUT2D eigenvalue weighted by Crippen LogP contribution is -2.51. The van der Waals surface area contributed by atoms with Crippen molar-refractivity contribution in [1.82, 2.24) is 24.0 Å². The van der Waals surface area contributed by atoms with Crippen LogP contribution < -0.4 is 4.74 Å². The number of aryl methyl sites for hydroxylation is 2. The van der Waals surface area contributed by atoms with Gasteiger partial charge in [-0.25, -0.2) is 18.2 Å². The number of carboxylic acid groups (broad SMARTS) is 1. The molecule has 1 unspecified atom stereocenters. The number of amides is 1. The van der Waals surface area contributed by atoms with E-state index in [1.807, 2.05) is 4.90 Å². The van der Waals surface area contributed by atoms with Gasteiger partial charge in [0.2, 0.25) is 15.9 Å². The van der Waals surface area contributed by atoms with Crippen LogP contribution in [0, 0.1) is 19.8 Å². The number of oxazole rings is 1. The highest BCUT2D eigenvalue weighted by atomic mass is 32.2. The van der Waals surface area contributed by atoms with Crippen LogP contribution in [0.2, 0.25) is 0 Å². The highest BCUT2D eigenvalue weighted by Gasteiger charge is 2.41. The Balaban J connectivity index is 0.000000617. The fraction of sp³-hybridized carbons (Fsp3) is 0.633. The highest BCUT2D eigenvalue weighted by molar-refractivity contribution is 7.89. The van der Waals surface area contributed by atoms with Crippen LogP contribution >= 0.6 is 0 Å². The first kappa shape index (κ1) is 35.6. The third kappa shape index (κ3) is 8.98. The molecule has 46 heavy (non-hydrogen) atoms. The van der Waals surface area contributed by atoms with Crippen molar-refractivity contribution in [2.24, 2.45) is 5.92 Å².